The van der Waals surface area contributed by atoms with Gasteiger partial charge in [-0.3, -0.25) is 4.40 Å². The first kappa shape index (κ1) is 17.2. The Kier molecular flexibility index (Phi) is 4.99. The quantitative estimate of drug-likeness (QED) is 0.663. The second-order valence-corrected chi connectivity index (χ2v) is 7.36. The topological polar surface area (TPSA) is 54.7 Å². The third kappa shape index (κ3) is 3.37. The number of ether oxygens (including phenoxy) is 1. The summed E-state index contributed by atoms with van der Waals surface area (Å²) in [5, 5.41) is 12.2. The summed E-state index contributed by atoms with van der Waals surface area (Å²) in [5.41, 5.74) is 2.01. The first-order chi connectivity index (χ1) is 12.8. The maximum absolute atomic E-state index is 5.76. The van der Waals surface area contributed by atoms with Gasteiger partial charge in [-0.25, -0.2) is 4.31 Å². The summed E-state index contributed by atoms with van der Waals surface area (Å²) in [4.78, 5) is 1.18. The minimum Gasteiger partial charge on any atom is -0.493 e. The van der Waals surface area contributed by atoms with Gasteiger partial charge in [0.1, 0.15) is 5.75 Å². The molecule has 136 valence electrons. The molecule has 0 saturated heterocycles. The highest BCUT2D eigenvalue weighted by molar-refractivity contribution is 7.97. The Hall–Kier alpha value is -2.25. The molecule has 1 atom stereocenters. The molecule has 0 saturated carbocycles. The molecule has 1 aliphatic rings. The number of hydrogen-bond donors (Lipinski definition) is 1. The van der Waals surface area contributed by atoms with Crippen molar-refractivity contribution in [1.82, 2.24) is 18.9 Å². The van der Waals surface area contributed by atoms with Crippen LogP contribution in [0, 0.1) is 0 Å². The van der Waals surface area contributed by atoms with Crippen LogP contribution in [-0.4, -0.2) is 38.6 Å². The van der Waals surface area contributed by atoms with E-state index in [0.717, 1.165) is 36.9 Å². The molecule has 3 heterocycles. The number of nitrogens with zero attached hydrogens (tertiary/aromatic N) is 4. The Labute approximate surface area is 157 Å². The fourth-order valence-electron chi connectivity index (χ4n) is 3.17. The summed E-state index contributed by atoms with van der Waals surface area (Å²) in [6.07, 6.45) is 3.01. The van der Waals surface area contributed by atoms with Crippen LogP contribution in [0.3, 0.4) is 0 Å². The highest BCUT2D eigenvalue weighted by Gasteiger charge is 2.22. The van der Waals surface area contributed by atoms with Crippen LogP contribution in [0.4, 0.5) is 5.95 Å². The van der Waals surface area contributed by atoms with Crippen molar-refractivity contribution in [3.63, 3.8) is 0 Å². The summed E-state index contributed by atoms with van der Waals surface area (Å²) in [6, 6.07) is 12.5. The lowest BCUT2D eigenvalue weighted by atomic mass is 10.0. The van der Waals surface area contributed by atoms with E-state index in [1.165, 1.54) is 10.5 Å². The molecule has 0 spiro atoms. The molecular weight excluding hydrogens is 346 g/mol. The third-order valence-corrected chi connectivity index (χ3v) is 5.80. The van der Waals surface area contributed by atoms with E-state index in [2.05, 4.69) is 52.0 Å². The third-order valence-electron chi connectivity index (χ3n) is 4.58. The number of pyridine rings is 1. The molecule has 4 rings (SSSR count). The summed E-state index contributed by atoms with van der Waals surface area (Å²) < 4.78 is 10.1. The molecule has 0 bridgehead atoms. The van der Waals surface area contributed by atoms with Crippen LogP contribution in [0.25, 0.3) is 5.65 Å². The highest BCUT2D eigenvalue weighted by atomic mass is 32.2. The van der Waals surface area contributed by atoms with E-state index in [9.17, 15) is 0 Å². The molecule has 2 aromatic heterocycles. The van der Waals surface area contributed by atoms with Crippen LogP contribution < -0.4 is 10.1 Å². The fraction of sp³-hybridized carbons (Fsp3) is 0.368. The monoisotopic (exact) mass is 369 g/mol. The largest absolute Gasteiger partial charge is 0.493 e. The average molecular weight is 369 g/mol. The van der Waals surface area contributed by atoms with Gasteiger partial charge in [0.2, 0.25) is 5.95 Å². The number of rotatable bonds is 6. The lowest BCUT2D eigenvalue weighted by molar-refractivity contribution is 0.274. The summed E-state index contributed by atoms with van der Waals surface area (Å²) in [6.45, 7) is 7.05. The SMILES string of the molecule is CCN(CC)Sc1ccc2nnc(NC3CCOc4ccccc43)n2c1. The number of fused-ring (bicyclic) bond motifs is 2. The lowest BCUT2D eigenvalue weighted by Crippen LogP contribution is -2.21. The van der Waals surface area contributed by atoms with Crippen LogP contribution in [0.2, 0.25) is 0 Å². The second kappa shape index (κ2) is 7.55. The molecule has 0 aliphatic carbocycles. The van der Waals surface area contributed by atoms with Crippen molar-refractivity contribution in [1.29, 1.82) is 0 Å². The second-order valence-electron chi connectivity index (χ2n) is 6.19. The zero-order chi connectivity index (χ0) is 17.9. The minimum atomic E-state index is 0.173. The van der Waals surface area contributed by atoms with Gasteiger partial charge in [-0.05, 0) is 30.1 Å². The maximum atomic E-state index is 5.76. The standard InChI is InChI=1S/C19H23N5OS/c1-3-23(4-2)26-14-9-10-18-21-22-19(24(18)13-14)20-16-11-12-25-17-8-6-5-7-15(16)17/h5-10,13,16H,3-4,11-12H2,1-2H3,(H,20,22). The fourth-order valence-corrected chi connectivity index (χ4v) is 4.01. The van der Waals surface area contributed by atoms with Gasteiger partial charge < -0.3 is 10.1 Å². The molecule has 1 aliphatic heterocycles. The van der Waals surface area contributed by atoms with Crippen LogP contribution in [-0.2, 0) is 0 Å². The van der Waals surface area contributed by atoms with Crippen molar-refractivity contribution in [3.8, 4) is 5.75 Å². The number of benzene rings is 1. The summed E-state index contributed by atoms with van der Waals surface area (Å²) in [5.74, 6) is 1.71. The first-order valence-corrected chi connectivity index (χ1v) is 9.81. The van der Waals surface area contributed by atoms with Gasteiger partial charge in [0.25, 0.3) is 0 Å². The van der Waals surface area contributed by atoms with Gasteiger partial charge in [0.05, 0.1) is 12.6 Å². The Bertz CT molecular complexity index is 893. The van der Waals surface area contributed by atoms with E-state index >= 15 is 0 Å². The molecule has 0 fully saturated rings. The minimum absolute atomic E-state index is 0.173. The lowest BCUT2D eigenvalue weighted by Gasteiger charge is -2.26. The van der Waals surface area contributed by atoms with Crippen molar-refractivity contribution in [2.45, 2.75) is 31.2 Å². The zero-order valence-electron chi connectivity index (χ0n) is 15.1. The molecule has 3 aromatic rings. The van der Waals surface area contributed by atoms with Crippen LogP contribution >= 0.6 is 11.9 Å². The number of hydrogen-bond acceptors (Lipinski definition) is 6. The number of anilines is 1. The molecular formula is C19H23N5OS. The predicted molar refractivity (Wildman–Crippen MR) is 105 cm³/mol. The van der Waals surface area contributed by atoms with E-state index in [1.807, 2.05) is 28.7 Å². The Morgan fingerprint density at radius 1 is 1.19 bits per heavy atom. The van der Waals surface area contributed by atoms with Crippen LogP contribution in [0.1, 0.15) is 31.9 Å². The van der Waals surface area contributed by atoms with E-state index in [4.69, 9.17) is 4.74 Å². The average Bonchev–Trinajstić information content (AvgIpc) is 3.08. The number of para-hydroxylation sites is 1. The molecule has 0 radical (unpaired) electrons. The van der Waals surface area contributed by atoms with E-state index in [-0.39, 0.29) is 6.04 Å². The van der Waals surface area contributed by atoms with Gasteiger partial charge in [0.15, 0.2) is 5.65 Å². The summed E-state index contributed by atoms with van der Waals surface area (Å²) >= 11 is 1.76. The van der Waals surface area contributed by atoms with Crippen molar-refractivity contribution in [2.24, 2.45) is 0 Å². The van der Waals surface area contributed by atoms with Crippen molar-refractivity contribution >= 4 is 23.5 Å². The zero-order valence-corrected chi connectivity index (χ0v) is 15.9. The number of nitrogens with one attached hydrogen (secondary N) is 1. The van der Waals surface area contributed by atoms with E-state index in [0.29, 0.717) is 6.61 Å². The molecule has 6 nitrogen and oxygen atoms in total. The van der Waals surface area contributed by atoms with Gasteiger partial charge in [-0.1, -0.05) is 32.0 Å². The van der Waals surface area contributed by atoms with Gasteiger partial charge in [-0.15, -0.1) is 10.2 Å². The van der Waals surface area contributed by atoms with Crippen molar-refractivity contribution < 1.29 is 4.74 Å². The Morgan fingerprint density at radius 2 is 2.04 bits per heavy atom. The smallest absolute Gasteiger partial charge is 0.229 e. The van der Waals surface area contributed by atoms with Gasteiger partial charge in [-0.2, -0.15) is 0 Å². The van der Waals surface area contributed by atoms with E-state index < -0.39 is 0 Å². The molecule has 1 aromatic carbocycles. The molecule has 0 amide bonds. The van der Waals surface area contributed by atoms with Crippen molar-refractivity contribution in [2.75, 3.05) is 25.0 Å². The number of aromatic nitrogens is 3. The molecule has 26 heavy (non-hydrogen) atoms. The van der Waals surface area contributed by atoms with E-state index in [1.54, 1.807) is 11.9 Å². The van der Waals surface area contributed by atoms with Crippen LogP contribution in [0.5, 0.6) is 5.75 Å². The first-order valence-electron chi connectivity index (χ1n) is 9.04. The van der Waals surface area contributed by atoms with Crippen molar-refractivity contribution in [3.05, 3.63) is 48.2 Å². The highest BCUT2D eigenvalue weighted by Crippen LogP contribution is 2.34. The van der Waals surface area contributed by atoms with Crippen LogP contribution in [0.15, 0.2) is 47.5 Å². The molecule has 7 heteroatoms. The Morgan fingerprint density at radius 3 is 2.88 bits per heavy atom. The Balaban J connectivity index is 1.61. The summed E-state index contributed by atoms with van der Waals surface area (Å²) in [7, 11) is 0. The van der Waals surface area contributed by atoms with Gasteiger partial charge >= 0.3 is 0 Å². The van der Waals surface area contributed by atoms with Gasteiger partial charge in [0, 0.05) is 36.2 Å². The maximum Gasteiger partial charge on any atom is 0.229 e. The molecule has 1 unspecified atom stereocenters. The normalized spacial score (nSPS) is 16.5. The molecule has 1 N–H and O–H groups in total. The predicted octanol–water partition coefficient (Wildman–Crippen LogP) is 4.01.